The highest BCUT2D eigenvalue weighted by Crippen LogP contribution is 2.27. The SMILES string of the molecule is CCOc1ccccc1-n1cnc2c(C(=O)O)cccc21. The van der Waals surface area contributed by atoms with Gasteiger partial charge in [0.15, 0.2) is 0 Å². The van der Waals surface area contributed by atoms with E-state index in [0.717, 1.165) is 17.0 Å². The molecular formula is C16H14N2O3. The standard InChI is InChI=1S/C16H14N2O3/c1-2-21-14-9-4-3-7-12(14)18-10-17-15-11(16(19)20)6-5-8-13(15)18/h3-10H,2H2,1H3,(H,19,20). The lowest BCUT2D eigenvalue weighted by Crippen LogP contribution is -2.00. The monoisotopic (exact) mass is 282 g/mol. The first kappa shape index (κ1) is 13.2. The number of para-hydroxylation sites is 3. The highest BCUT2D eigenvalue weighted by atomic mass is 16.5. The molecule has 0 atom stereocenters. The van der Waals surface area contributed by atoms with E-state index >= 15 is 0 Å². The van der Waals surface area contributed by atoms with Crippen molar-refractivity contribution >= 4 is 17.0 Å². The Labute approximate surface area is 121 Å². The van der Waals surface area contributed by atoms with Crippen molar-refractivity contribution in [1.29, 1.82) is 0 Å². The third-order valence-electron chi connectivity index (χ3n) is 3.23. The van der Waals surface area contributed by atoms with Crippen molar-refractivity contribution in [3.63, 3.8) is 0 Å². The van der Waals surface area contributed by atoms with Gasteiger partial charge in [0, 0.05) is 0 Å². The van der Waals surface area contributed by atoms with Crippen LogP contribution in [0.4, 0.5) is 0 Å². The lowest BCUT2D eigenvalue weighted by atomic mass is 10.2. The van der Waals surface area contributed by atoms with Crippen LogP contribution in [-0.2, 0) is 0 Å². The third-order valence-corrected chi connectivity index (χ3v) is 3.23. The van der Waals surface area contributed by atoms with Gasteiger partial charge in [0.05, 0.1) is 23.4 Å². The maximum atomic E-state index is 11.3. The number of rotatable bonds is 4. The minimum absolute atomic E-state index is 0.195. The molecule has 3 rings (SSSR count). The van der Waals surface area contributed by atoms with E-state index in [2.05, 4.69) is 4.98 Å². The van der Waals surface area contributed by atoms with E-state index in [1.165, 1.54) is 0 Å². The predicted molar refractivity (Wildman–Crippen MR) is 79.2 cm³/mol. The molecule has 0 amide bonds. The fraction of sp³-hybridized carbons (Fsp3) is 0.125. The highest BCUT2D eigenvalue weighted by molar-refractivity contribution is 6.01. The number of aromatic carboxylic acids is 1. The molecular weight excluding hydrogens is 268 g/mol. The van der Waals surface area contributed by atoms with Gasteiger partial charge in [0.2, 0.25) is 0 Å². The number of imidazole rings is 1. The second kappa shape index (κ2) is 5.28. The molecule has 1 aromatic heterocycles. The normalized spacial score (nSPS) is 10.7. The summed E-state index contributed by atoms with van der Waals surface area (Å²) in [6, 6.07) is 12.7. The van der Waals surface area contributed by atoms with Gasteiger partial charge in [-0.3, -0.25) is 4.57 Å². The van der Waals surface area contributed by atoms with Crippen LogP contribution in [0.25, 0.3) is 16.7 Å². The van der Waals surface area contributed by atoms with Crippen molar-refractivity contribution in [1.82, 2.24) is 9.55 Å². The zero-order valence-corrected chi connectivity index (χ0v) is 11.5. The Bertz CT molecular complexity index is 808. The Hall–Kier alpha value is -2.82. The molecule has 0 bridgehead atoms. The average Bonchev–Trinajstić information content (AvgIpc) is 2.91. The van der Waals surface area contributed by atoms with Gasteiger partial charge in [0.25, 0.3) is 0 Å². The molecule has 5 nitrogen and oxygen atoms in total. The van der Waals surface area contributed by atoms with Gasteiger partial charge in [-0.1, -0.05) is 18.2 Å². The number of carboxylic acid groups (broad SMARTS) is 1. The summed E-state index contributed by atoms with van der Waals surface area (Å²) in [5, 5.41) is 9.23. The summed E-state index contributed by atoms with van der Waals surface area (Å²) in [4.78, 5) is 15.5. The van der Waals surface area contributed by atoms with Gasteiger partial charge in [0.1, 0.15) is 17.6 Å². The van der Waals surface area contributed by atoms with Crippen LogP contribution in [0.15, 0.2) is 48.8 Å². The van der Waals surface area contributed by atoms with E-state index in [-0.39, 0.29) is 5.56 Å². The quantitative estimate of drug-likeness (QED) is 0.798. The molecule has 1 heterocycles. The smallest absolute Gasteiger partial charge is 0.337 e. The van der Waals surface area contributed by atoms with E-state index in [0.29, 0.717) is 12.1 Å². The minimum atomic E-state index is -0.982. The zero-order valence-electron chi connectivity index (χ0n) is 11.5. The van der Waals surface area contributed by atoms with Gasteiger partial charge in [-0.2, -0.15) is 0 Å². The van der Waals surface area contributed by atoms with Crippen molar-refractivity contribution in [3.05, 3.63) is 54.4 Å². The molecule has 2 aromatic carbocycles. The molecule has 0 spiro atoms. The number of carbonyl (C=O) groups is 1. The van der Waals surface area contributed by atoms with Gasteiger partial charge < -0.3 is 9.84 Å². The predicted octanol–water partition coefficient (Wildman–Crippen LogP) is 3.12. The summed E-state index contributed by atoms with van der Waals surface area (Å²) in [7, 11) is 0. The Morgan fingerprint density at radius 1 is 1.24 bits per heavy atom. The molecule has 1 N–H and O–H groups in total. The lowest BCUT2D eigenvalue weighted by Gasteiger charge is -2.11. The number of carboxylic acids is 1. The van der Waals surface area contributed by atoms with Crippen LogP contribution >= 0.6 is 0 Å². The maximum absolute atomic E-state index is 11.3. The first-order valence-corrected chi connectivity index (χ1v) is 6.64. The fourth-order valence-electron chi connectivity index (χ4n) is 2.34. The molecule has 0 aliphatic heterocycles. The van der Waals surface area contributed by atoms with Gasteiger partial charge in [-0.05, 0) is 31.2 Å². The summed E-state index contributed by atoms with van der Waals surface area (Å²) in [6.07, 6.45) is 1.62. The largest absolute Gasteiger partial charge is 0.492 e. The van der Waals surface area contributed by atoms with Crippen molar-refractivity contribution in [2.45, 2.75) is 6.92 Å². The van der Waals surface area contributed by atoms with Crippen molar-refractivity contribution in [2.24, 2.45) is 0 Å². The highest BCUT2D eigenvalue weighted by Gasteiger charge is 2.14. The van der Waals surface area contributed by atoms with E-state index in [1.807, 2.05) is 41.8 Å². The Morgan fingerprint density at radius 2 is 2.05 bits per heavy atom. The Kier molecular flexibility index (Phi) is 3.31. The molecule has 0 saturated carbocycles. The number of aromatic nitrogens is 2. The number of fused-ring (bicyclic) bond motifs is 1. The Balaban J connectivity index is 2.23. The average molecular weight is 282 g/mol. The van der Waals surface area contributed by atoms with E-state index in [9.17, 15) is 9.90 Å². The summed E-state index contributed by atoms with van der Waals surface area (Å²) >= 11 is 0. The lowest BCUT2D eigenvalue weighted by molar-refractivity contribution is 0.0699. The molecule has 0 unspecified atom stereocenters. The number of hydrogen-bond acceptors (Lipinski definition) is 3. The second-order valence-corrected chi connectivity index (χ2v) is 4.49. The summed E-state index contributed by atoms with van der Waals surface area (Å²) in [6.45, 7) is 2.48. The number of benzene rings is 2. The van der Waals surface area contributed by atoms with Crippen molar-refractivity contribution < 1.29 is 14.6 Å². The minimum Gasteiger partial charge on any atom is -0.492 e. The molecule has 3 aromatic rings. The van der Waals surface area contributed by atoms with E-state index < -0.39 is 5.97 Å². The van der Waals surface area contributed by atoms with Crippen LogP contribution < -0.4 is 4.74 Å². The molecule has 0 saturated heterocycles. The van der Waals surface area contributed by atoms with Gasteiger partial charge >= 0.3 is 5.97 Å². The van der Waals surface area contributed by atoms with E-state index in [4.69, 9.17) is 4.74 Å². The van der Waals surface area contributed by atoms with Gasteiger partial charge in [-0.15, -0.1) is 0 Å². The molecule has 0 radical (unpaired) electrons. The molecule has 0 aliphatic rings. The van der Waals surface area contributed by atoms with Crippen LogP contribution in [0.2, 0.25) is 0 Å². The molecule has 106 valence electrons. The van der Waals surface area contributed by atoms with Crippen molar-refractivity contribution in [3.8, 4) is 11.4 Å². The maximum Gasteiger partial charge on any atom is 0.337 e. The second-order valence-electron chi connectivity index (χ2n) is 4.49. The van der Waals surface area contributed by atoms with Crippen LogP contribution in [0, 0.1) is 0 Å². The summed E-state index contributed by atoms with van der Waals surface area (Å²) in [5.74, 6) is -0.246. The number of ether oxygens (including phenoxy) is 1. The number of nitrogens with zero attached hydrogens (tertiary/aromatic N) is 2. The topological polar surface area (TPSA) is 64.4 Å². The molecule has 0 fully saturated rings. The van der Waals surface area contributed by atoms with Crippen molar-refractivity contribution in [2.75, 3.05) is 6.61 Å². The zero-order chi connectivity index (χ0) is 14.8. The van der Waals surface area contributed by atoms with Gasteiger partial charge in [-0.25, -0.2) is 9.78 Å². The fourth-order valence-corrected chi connectivity index (χ4v) is 2.34. The van der Waals surface area contributed by atoms with Crippen LogP contribution in [0.5, 0.6) is 5.75 Å². The summed E-state index contributed by atoms with van der Waals surface area (Å²) in [5.41, 5.74) is 2.24. The van der Waals surface area contributed by atoms with Crippen LogP contribution in [-0.4, -0.2) is 27.2 Å². The van der Waals surface area contributed by atoms with Crippen LogP contribution in [0.3, 0.4) is 0 Å². The van der Waals surface area contributed by atoms with Crippen LogP contribution in [0.1, 0.15) is 17.3 Å². The first-order chi connectivity index (χ1) is 10.2. The summed E-state index contributed by atoms with van der Waals surface area (Å²) < 4.78 is 7.46. The third kappa shape index (κ3) is 2.23. The van der Waals surface area contributed by atoms with E-state index in [1.54, 1.807) is 18.5 Å². The molecule has 0 aliphatic carbocycles. The number of hydrogen-bond donors (Lipinski definition) is 1. The first-order valence-electron chi connectivity index (χ1n) is 6.64. The molecule has 5 heteroatoms. The molecule has 21 heavy (non-hydrogen) atoms. The Morgan fingerprint density at radius 3 is 2.81 bits per heavy atom.